The van der Waals surface area contributed by atoms with Crippen LogP contribution in [-0.4, -0.2) is 16.3 Å². The number of aromatic hydroxyl groups is 1. The Bertz CT molecular complexity index is 802. The van der Waals surface area contributed by atoms with Crippen LogP contribution in [0.4, 0.5) is 5.13 Å². The van der Waals surface area contributed by atoms with Crippen molar-refractivity contribution in [3.63, 3.8) is 0 Å². The molecule has 22 heavy (non-hydrogen) atoms. The summed E-state index contributed by atoms with van der Waals surface area (Å²) in [6.45, 7) is 0. The molecule has 4 nitrogen and oxygen atoms in total. The minimum atomic E-state index is 0.0548. The monoisotopic (exact) mass is 329 g/mol. The lowest BCUT2D eigenvalue weighted by molar-refractivity contribution is 0.475. The zero-order valence-electron chi connectivity index (χ0n) is 11.4. The number of thiazole rings is 1. The number of rotatable bonds is 4. The van der Waals surface area contributed by atoms with Gasteiger partial charge in [0.25, 0.3) is 0 Å². The molecule has 6 heteroatoms. The molecular weight excluding hydrogens is 318 g/mol. The van der Waals surface area contributed by atoms with E-state index in [9.17, 15) is 5.11 Å². The maximum atomic E-state index is 9.36. The van der Waals surface area contributed by atoms with Gasteiger partial charge in [0.15, 0.2) is 0 Å². The third-order valence-electron chi connectivity index (χ3n) is 2.92. The molecule has 0 aliphatic heterocycles. The SMILES string of the molecule is Oc1ccc(C=NNc2nc(-c3ccccc3)cs2)cc1Cl. The molecule has 0 radical (unpaired) electrons. The van der Waals surface area contributed by atoms with E-state index in [1.165, 1.54) is 17.4 Å². The summed E-state index contributed by atoms with van der Waals surface area (Å²) in [7, 11) is 0. The fraction of sp³-hybridized carbons (Fsp3) is 0. The summed E-state index contributed by atoms with van der Waals surface area (Å²) in [6, 6.07) is 14.9. The molecule has 0 spiro atoms. The molecule has 0 amide bonds. The molecule has 0 bridgehead atoms. The Morgan fingerprint density at radius 3 is 2.77 bits per heavy atom. The van der Waals surface area contributed by atoms with Crippen molar-refractivity contribution in [1.82, 2.24) is 4.98 Å². The van der Waals surface area contributed by atoms with Crippen LogP contribution < -0.4 is 5.43 Å². The zero-order chi connectivity index (χ0) is 15.4. The Hall–Kier alpha value is -2.37. The largest absolute Gasteiger partial charge is 0.506 e. The van der Waals surface area contributed by atoms with Crippen molar-refractivity contribution >= 4 is 34.3 Å². The molecule has 3 aromatic rings. The molecule has 3 rings (SSSR count). The number of nitrogens with one attached hydrogen (secondary N) is 1. The van der Waals surface area contributed by atoms with E-state index >= 15 is 0 Å². The summed E-state index contributed by atoms with van der Waals surface area (Å²) in [5.41, 5.74) is 5.66. The first-order valence-electron chi connectivity index (χ1n) is 6.51. The number of benzene rings is 2. The highest BCUT2D eigenvalue weighted by Gasteiger charge is 2.03. The Kier molecular flexibility index (Phi) is 4.37. The predicted octanol–water partition coefficient (Wildman–Crippen LogP) is 4.62. The summed E-state index contributed by atoms with van der Waals surface area (Å²) in [5, 5.41) is 16.5. The number of hydrazone groups is 1. The zero-order valence-corrected chi connectivity index (χ0v) is 13.0. The molecule has 1 heterocycles. The van der Waals surface area contributed by atoms with Gasteiger partial charge in [-0.2, -0.15) is 5.10 Å². The van der Waals surface area contributed by atoms with Gasteiger partial charge in [-0.3, -0.25) is 5.43 Å². The Morgan fingerprint density at radius 2 is 2.00 bits per heavy atom. The second-order valence-corrected chi connectivity index (χ2v) is 5.75. The van der Waals surface area contributed by atoms with Crippen LogP contribution in [0.1, 0.15) is 5.56 Å². The highest BCUT2D eigenvalue weighted by atomic mass is 35.5. The maximum Gasteiger partial charge on any atom is 0.203 e. The molecule has 0 atom stereocenters. The lowest BCUT2D eigenvalue weighted by atomic mass is 10.2. The van der Waals surface area contributed by atoms with Gasteiger partial charge in [-0.05, 0) is 23.8 Å². The number of anilines is 1. The van der Waals surface area contributed by atoms with E-state index in [2.05, 4.69) is 15.5 Å². The van der Waals surface area contributed by atoms with E-state index < -0.39 is 0 Å². The summed E-state index contributed by atoms with van der Waals surface area (Å²) in [6.07, 6.45) is 1.62. The second-order valence-electron chi connectivity index (χ2n) is 4.48. The standard InChI is InChI=1S/C16H12ClN3OS/c17-13-8-11(6-7-15(13)21)9-18-20-16-19-14(10-22-16)12-4-2-1-3-5-12/h1-10,21H,(H,19,20). The van der Waals surface area contributed by atoms with Gasteiger partial charge >= 0.3 is 0 Å². The van der Waals surface area contributed by atoms with Crippen LogP contribution in [0.5, 0.6) is 5.75 Å². The Morgan fingerprint density at radius 1 is 1.18 bits per heavy atom. The second kappa shape index (κ2) is 6.60. The molecule has 0 aliphatic rings. The van der Waals surface area contributed by atoms with Crippen LogP contribution in [0, 0.1) is 0 Å². The fourth-order valence-electron chi connectivity index (χ4n) is 1.83. The molecule has 0 aliphatic carbocycles. The predicted molar refractivity (Wildman–Crippen MR) is 91.9 cm³/mol. The van der Waals surface area contributed by atoms with E-state index in [-0.39, 0.29) is 5.75 Å². The lowest BCUT2D eigenvalue weighted by Crippen LogP contribution is -1.90. The summed E-state index contributed by atoms with van der Waals surface area (Å²) in [5.74, 6) is 0.0548. The van der Waals surface area contributed by atoms with Gasteiger partial charge in [-0.1, -0.05) is 41.9 Å². The fourth-order valence-corrected chi connectivity index (χ4v) is 2.69. The van der Waals surface area contributed by atoms with Crippen molar-refractivity contribution in [1.29, 1.82) is 0 Å². The van der Waals surface area contributed by atoms with Crippen LogP contribution in [-0.2, 0) is 0 Å². The molecule has 110 valence electrons. The van der Waals surface area contributed by atoms with Crippen molar-refractivity contribution in [2.24, 2.45) is 5.10 Å². The summed E-state index contributed by atoms with van der Waals surface area (Å²) >= 11 is 7.32. The number of phenolic OH excluding ortho intramolecular Hbond substituents is 1. The average molecular weight is 330 g/mol. The first-order valence-corrected chi connectivity index (χ1v) is 7.77. The van der Waals surface area contributed by atoms with Gasteiger partial charge in [0.2, 0.25) is 5.13 Å². The molecule has 1 aromatic heterocycles. The number of phenols is 1. The van der Waals surface area contributed by atoms with E-state index in [1.807, 2.05) is 35.7 Å². The normalized spacial score (nSPS) is 11.0. The van der Waals surface area contributed by atoms with Crippen LogP contribution in [0.2, 0.25) is 5.02 Å². The third-order valence-corrected chi connectivity index (χ3v) is 3.97. The topological polar surface area (TPSA) is 57.5 Å². The molecule has 2 N–H and O–H groups in total. The van der Waals surface area contributed by atoms with E-state index in [1.54, 1.807) is 18.3 Å². The van der Waals surface area contributed by atoms with Gasteiger partial charge in [-0.15, -0.1) is 11.3 Å². The van der Waals surface area contributed by atoms with E-state index in [0.29, 0.717) is 10.2 Å². The van der Waals surface area contributed by atoms with Crippen molar-refractivity contribution < 1.29 is 5.11 Å². The first-order chi connectivity index (χ1) is 10.7. The number of nitrogens with zero attached hydrogens (tertiary/aromatic N) is 2. The molecule has 0 saturated heterocycles. The highest BCUT2D eigenvalue weighted by Crippen LogP contribution is 2.25. The average Bonchev–Trinajstić information content (AvgIpc) is 3.01. The number of hydrogen-bond acceptors (Lipinski definition) is 5. The first kappa shape index (κ1) is 14.6. The molecule has 2 aromatic carbocycles. The van der Waals surface area contributed by atoms with Crippen LogP contribution in [0.3, 0.4) is 0 Å². The maximum absolute atomic E-state index is 9.36. The van der Waals surface area contributed by atoms with Gasteiger partial charge in [0.05, 0.1) is 16.9 Å². The number of aromatic nitrogens is 1. The molecular formula is C16H12ClN3OS. The van der Waals surface area contributed by atoms with E-state index in [0.717, 1.165) is 16.8 Å². The van der Waals surface area contributed by atoms with Crippen LogP contribution >= 0.6 is 22.9 Å². The highest BCUT2D eigenvalue weighted by molar-refractivity contribution is 7.14. The number of hydrogen-bond donors (Lipinski definition) is 2. The van der Waals surface area contributed by atoms with Crippen molar-refractivity contribution in [3.8, 4) is 17.0 Å². The quantitative estimate of drug-likeness (QED) is 0.542. The lowest BCUT2D eigenvalue weighted by Gasteiger charge is -1.98. The van der Waals surface area contributed by atoms with Gasteiger partial charge in [0, 0.05) is 10.9 Å². The Balaban J connectivity index is 1.68. The minimum Gasteiger partial charge on any atom is -0.506 e. The van der Waals surface area contributed by atoms with Gasteiger partial charge < -0.3 is 5.11 Å². The van der Waals surface area contributed by atoms with Crippen molar-refractivity contribution in [3.05, 3.63) is 64.5 Å². The third kappa shape index (κ3) is 3.44. The smallest absolute Gasteiger partial charge is 0.203 e. The van der Waals surface area contributed by atoms with Gasteiger partial charge in [-0.25, -0.2) is 4.98 Å². The van der Waals surface area contributed by atoms with Crippen LogP contribution in [0.15, 0.2) is 59.0 Å². The van der Waals surface area contributed by atoms with Crippen molar-refractivity contribution in [2.45, 2.75) is 0 Å². The molecule has 0 saturated carbocycles. The summed E-state index contributed by atoms with van der Waals surface area (Å²) in [4.78, 5) is 4.47. The molecule has 0 unspecified atom stereocenters. The summed E-state index contributed by atoms with van der Waals surface area (Å²) < 4.78 is 0. The minimum absolute atomic E-state index is 0.0548. The van der Waals surface area contributed by atoms with E-state index in [4.69, 9.17) is 11.6 Å². The van der Waals surface area contributed by atoms with Gasteiger partial charge in [0.1, 0.15) is 5.75 Å². The Labute approximate surface area is 136 Å². The van der Waals surface area contributed by atoms with Crippen LogP contribution in [0.25, 0.3) is 11.3 Å². The molecule has 0 fully saturated rings. The number of halogens is 1. The van der Waals surface area contributed by atoms with Crippen molar-refractivity contribution in [2.75, 3.05) is 5.43 Å².